The maximum absolute atomic E-state index is 2.49. The summed E-state index contributed by atoms with van der Waals surface area (Å²) < 4.78 is 7.27. The van der Waals surface area contributed by atoms with Crippen molar-refractivity contribution in [1.82, 2.24) is 0 Å². The van der Waals surface area contributed by atoms with Crippen LogP contribution < -0.4 is 0 Å². The molecule has 44 heavy (non-hydrogen) atoms. The fourth-order valence-corrected chi connectivity index (χ4v) is 26.5. The van der Waals surface area contributed by atoms with Crippen LogP contribution in [0.4, 0.5) is 0 Å². The Kier molecular flexibility index (Phi) is 34.0. The van der Waals surface area contributed by atoms with Gasteiger partial charge in [-0.2, -0.15) is 0 Å². The van der Waals surface area contributed by atoms with Crippen LogP contribution >= 0.6 is 0 Å². The van der Waals surface area contributed by atoms with E-state index in [2.05, 4.69) is 57.5 Å². The van der Waals surface area contributed by atoms with Gasteiger partial charge in [0.1, 0.15) is 0 Å². The molecule has 0 rings (SSSR count). The molecule has 0 saturated heterocycles. The van der Waals surface area contributed by atoms with Gasteiger partial charge in [0, 0.05) is 0 Å². The average molecular weight is 722 g/mol. The second-order valence-corrected chi connectivity index (χ2v) is 28.3. The summed E-state index contributed by atoms with van der Waals surface area (Å²) in [4.78, 5) is 0. The first-order valence-electron chi connectivity index (χ1n) is 21.3. The van der Waals surface area contributed by atoms with Gasteiger partial charge in [0.15, 0.2) is 0 Å². The third-order valence-corrected chi connectivity index (χ3v) is 27.4. The van der Waals surface area contributed by atoms with Crippen molar-refractivity contribution in [2.24, 2.45) is 0 Å². The van der Waals surface area contributed by atoms with E-state index < -0.39 is 18.4 Å². The normalized spacial score (nSPS) is 12.6. The molecule has 0 aromatic heterocycles. The SMILES string of the molecule is CCCCCCCCB(CCCCCCCC)/C(CCCCCCCC)=[C](/CCCC)[Sn]([CH2]CCC)([CH2]CCC)[CH2]CCC. The molecule has 0 nitrogen and oxygen atoms in total. The Hall–Kier alpha value is 0.604. The second-order valence-electron chi connectivity index (χ2n) is 15.0. The van der Waals surface area contributed by atoms with E-state index in [0.717, 1.165) is 6.71 Å². The molecule has 0 atom stereocenters. The van der Waals surface area contributed by atoms with Gasteiger partial charge >= 0.3 is 288 Å². The molecule has 0 spiro atoms. The molecule has 0 aliphatic carbocycles. The molecular weight excluding hydrogens is 634 g/mol. The summed E-state index contributed by atoms with van der Waals surface area (Å²) in [7, 11) is 0. The first-order chi connectivity index (χ1) is 21.6. The van der Waals surface area contributed by atoms with Crippen molar-refractivity contribution >= 4 is 25.1 Å². The second kappa shape index (κ2) is 33.5. The van der Waals surface area contributed by atoms with Crippen molar-refractivity contribution in [3.8, 4) is 0 Å². The Morgan fingerprint density at radius 2 is 0.682 bits per heavy atom. The van der Waals surface area contributed by atoms with E-state index in [1.807, 2.05) is 0 Å². The first-order valence-corrected chi connectivity index (χ1v) is 28.8. The summed E-state index contributed by atoms with van der Waals surface area (Å²) in [5.74, 6) is 0. The molecule has 0 aliphatic heterocycles. The first kappa shape index (κ1) is 44.6. The maximum atomic E-state index is 2.48. The van der Waals surface area contributed by atoms with Gasteiger partial charge in [0.05, 0.1) is 0 Å². The number of hydrogen-bond donors (Lipinski definition) is 0. The Bertz CT molecular complexity index is 573. The van der Waals surface area contributed by atoms with E-state index in [0.29, 0.717) is 0 Å². The van der Waals surface area contributed by atoms with E-state index in [4.69, 9.17) is 0 Å². The standard InChI is InChI=1S/C30H60B.3C4H9.Sn/c1-5-9-13-16-19-23-27-30(26-22-12-8-4)31(28-24-20-17-14-10-6-2)29-25-21-18-15-11-7-3;3*1-3-4-2;/h5-25,27-29H2,1-4H3;3*1,3-4H2,2H3;. The van der Waals surface area contributed by atoms with Crippen molar-refractivity contribution in [3.05, 3.63) is 9.06 Å². The number of rotatable bonds is 35. The zero-order valence-corrected chi connectivity index (χ0v) is 35.3. The summed E-state index contributed by atoms with van der Waals surface area (Å²) in [6.07, 6.45) is 43.8. The van der Waals surface area contributed by atoms with Gasteiger partial charge < -0.3 is 0 Å². The van der Waals surface area contributed by atoms with Crippen LogP contribution in [0.2, 0.25) is 26.0 Å². The van der Waals surface area contributed by atoms with Gasteiger partial charge in [-0.1, -0.05) is 0 Å². The number of allylic oxidation sites excluding steroid dienone is 2. The molecule has 0 N–H and O–H groups in total. The fraction of sp³-hybridized carbons (Fsp3) is 0.952. The van der Waals surface area contributed by atoms with E-state index >= 15 is 0 Å². The van der Waals surface area contributed by atoms with Gasteiger partial charge in [0.2, 0.25) is 0 Å². The third-order valence-electron chi connectivity index (χ3n) is 10.9. The van der Waals surface area contributed by atoms with Crippen LogP contribution in [0.1, 0.15) is 228 Å². The van der Waals surface area contributed by atoms with E-state index in [1.54, 1.807) is 13.3 Å². The molecule has 0 aromatic carbocycles. The summed E-state index contributed by atoms with van der Waals surface area (Å²) in [6.45, 7) is 17.9. The molecule has 262 valence electrons. The molecule has 0 radical (unpaired) electrons. The van der Waals surface area contributed by atoms with Gasteiger partial charge in [-0.05, 0) is 0 Å². The minimum absolute atomic E-state index is 0.913. The summed E-state index contributed by atoms with van der Waals surface area (Å²) in [6, 6.07) is 0. The Labute approximate surface area is 286 Å². The van der Waals surface area contributed by atoms with Crippen molar-refractivity contribution in [2.75, 3.05) is 0 Å². The molecule has 0 amide bonds. The van der Waals surface area contributed by atoms with Crippen molar-refractivity contribution in [2.45, 2.75) is 254 Å². The Morgan fingerprint density at radius 1 is 0.341 bits per heavy atom. The molecule has 0 aromatic rings. The zero-order valence-electron chi connectivity index (χ0n) is 32.4. The molecule has 0 heterocycles. The minimum atomic E-state index is -2.49. The van der Waals surface area contributed by atoms with Gasteiger partial charge in [-0.15, -0.1) is 0 Å². The van der Waals surface area contributed by atoms with Gasteiger partial charge in [0.25, 0.3) is 0 Å². The van der Waals surface area contributed by atoms with Crippen LogP contribution in [0.25, 0.3) is 0 Å². The number of hydrogen-bond acceptors (Lipinski definition) is 0. The predicted octanol–water partition coefficient (Wildman–Crippen LogP) is 16.4. The van der Waals surface area contributed by atoms with Crippen molar-refractivity contribution in [1.29, 1.82) is 0 Å². The molecular formula is C42H87BSn. The molecule has 0 saturated carbocycles. The van der Waals surface area contributed by atoms with Crippen LogP contribution in [0.5, 0.6) is 0 Å². The quantitative estimate of drug-likeness (QED) is 0.0452. The molecule has 0 bridgehead atoms. The van der Waals surface area contributed by atoms with E-state index in [-0.39, 0.29) is 0 Å². The van der Waals surface area contributed by atoms with Crippen LogP contribution in [-0.2, 0) is 0 Å². The van der Waals surface area contributed by atoms with E-state index in [9.17, 15) is 0 Å². The molecule has 2 heteroatoms. The summed E-state index contributed by atoms with van der Waals surface area (Å²) >= 11 is -2.49. The third kappa shape index (κ3) is 22.2. The topological polar surface area (TPSA) is 0 Å². The van der Waals surface area contributed by atoms with Gasteiger partial charge in [-0.3, -0.25) is 0 Å². The van der Waals surface area contributed by atoms with Crippen LogP contribution in [-0.4, -0.2) is 25.1 Å². The summed E-state index contributed by atoms with van der Waals surface area (Å²) in [5, 5.41) is 0. The van der Waals surface area contributed by atoms with Gasteiger partial charge in [-0.25, -0.2) is 0 Å². The van der Waals surface area contributed by atoms with Crippen LogP contribution in [0.3, 0.4) is 0 Å². The zero-order chi connectivity index (χ0) is 32.6. The van der Waals surface area contributed by atoms with Crippen molar-refractivity contribution in [3.63, 3.8) is 0 Å². The predicted molar refractivity (Wildman–Crippen MR) is 212 cm³/mol. The molecule has 0 fully saturated rings. The van der Waals surface area contributed by atoms with E-state index in [1.165, 1.54) is 192 Å². The number of unbranched alkanes of at least 4 members (excludes halogenated alkanes) is 19. The average Bonchev–Trinajstić information content (AvgIpc) is 3.04. The van der Waals surface area contributed by atoms with Crippen molar-refractivity contribution < 1.29 is 0 Å². The molecule has 0 aliphatic rings. The van der Waals surface area contributed by atoms with Crippen LogP contribution in [0, 0.1) is 0 Å². The monoisotopic (exact) mass is 723 g/mol. The van der Waals surface area contributed by atoms with Crippen LogP contribution in [0.15, 0.2) is 9.06 Å². The Morgan fingerprint density at radius 3 is 1.07 bits per heavy atom. The molecule has 0 unspecified atom stereocenters. The summed E-state index contributed by atoms with van der Waals surface area (Å²) in [5.41, 5.74) is 2.13. The fourth-order valence-electron chi connectivity index (χ4n) is 8.03. The Balaban J connectivity index is 6.61.